The summed E-state index contributed by atoms with van der Waals surface area (Å²) >= 11 is 0. The Morgan fingerprint density at radius 3 is 1.97 bits per heavy atom. The number of ketones is 1. The van der Waals surface area contributed by atoms with Crippen molar-refractivity contribution >= 4 is 5.78 Å². The molecule has 1 heterocycles. The van der Waals surface area contributed by atoms with Crippen molar-refractivity contribution in [3.63, 3.8) is 0 Å². The van der Waals surface area contributed by atoms with Crippen molar-refractivity contribution in [2.24, 2.45) is 5.92 Å². The van der Waals surface area contributed by atoms with Crippen LogP contribution < -0.4 is 0 Å². The number of Topliss-reactive ketones (excluding diaryl/α,β-unsaturated/α-hetero) is 1. The summed E-state index contributed by atoms with van der Waals surface area (Å²) in [7, 11) is 0. The van der Waals surface area contributed by atoms with Crippen molar-refractivity contribution in [2.45, 2.75) is 57.2 Å². The maximum Gasteiger partial charge on any atom is 0.162 e. The lowest BCUT2D eigenvalue weighted by Gasteiger charge is -2.34. The molecule has 0 N–H and O–H groups in total. The fourth-order valence-electron chi connectivity index (χ4n) is 5.16. The number of benzene rings is 3. The predicted octanol–water partition coefficient (Wildman–Crippen LogP) is 6.87. The van der Waals surface area contributed by atoms with Gasteiger partial charge in [-0.25, -0.2) is 0 Å². The lowest BCUT2D eigenvalue weighted by atomic mass is 10.00. The first-order valence-electron chi connectivity index (χ1n) is 13.3. The zero-order valence-electron chi connectivity index (χ0n) is 20.6. The quantitative estimate of drug-likeness (QED) is 0.288. The first-order valence-corrected chi connectivity index (χ1v) is 13.3. The number of piperidine rings is 1. The van der Waals surface area contributed by atoms with Crippen molar-refractivity contribution in [2.75, 3.05) is 19.6 Å². The maximum absolute atomic E-state index is 12.6. The van der Waals surface area contributed by atoms with Crippen LogP contribution in [0.2, 0.25) is 0 Å². The minimum atomic E-state index is -0.0257. The van der Waals surface area contributed by atoms with E-state index in [1.807, 2.05) is 12.1 Å². The van der Waals surface area contributed by atoms with Crippen LogP contribution in [0.1, 0.15) is 71.7 Å². The van der Waals surface area contributed by atoms with Gasteiger partial charge >= 0.3 is 0 Å². The summed E-state index contributed by atoms with van der Waals surface area (Å²) in [6.07, 6.45) is 7.75. The number of hydrogen-bond acceptors (Lipinski definition) is 3. The van der Waals surface area contributed by atoms with E-state index in [1.54, 1.807) is 0 Å². The molecule has 0 radical (unpaired) electrons. The molecule has 182 valence electrons. The second kappa shape index (κ2) is 11.8. The van der Waals surface area contributed by atoms with E-state index in [9.17, 15) is 4.79 Å². The van der Waals surface area contributed by atoms with E-state index in [0.717, 1.165) is 50.4 Å². The second-order valence-corrected chi connectivity index (χ2v) is 10.2. The third-order valence-corrected chi connectivity index (χ3v) is 7.44. The molecule has 3 nitrogen and oxygen atoms in total. The lowest BCUT2D eigenvalue weighted by Crippen LogP contribution is -2.38. The smallest absolute Gasteiger partial charge is 0.162 e. The zero-order chi connectivity index (χ0) is 23.9. The van der Waals surface area contributed by atoms with Crippen LogP contribution in [0, 0.1) is 5.92 Å². The predicted molar refractivity (Wildman–Crippen MR) is 142 cm³/mol. The summed E-state index contributed by atoms with van der Waals surface area (Å²) in [5, 5.41) is 0. The molecule has 0 atom stereocenters. The maximum atomic E-state index is 12.6. The van der Waals surface area contributed by atoms with Crippen molar-refractivity contribution in [1.82, 2.24) is 4.90 Å². The van der Waals surface area contributed by atoms with E-state index in [1.165, 1.54) is 36.0 Å². The molecule has 0 amide bonds. The van der Waals surface area contributed by atoms with E-state index in [-0.39, 0.29) is 18.0 Å². The Kier molecular flexibility index (Phi) is 8.07. The fraction of sp³-hybridized carbons (Fsp3) is 0.406. The zero-order valence-corrected chi connectivity index (χ0v) is 20.6. The molecule has 0 unspecified atom stereocenters. The molecule has 5 rings (SSSR count). The summed E-state index contributed by atoms with van der Waals surface area (Å²) in [5.41, 5.74) is 4.65. The lowest BCUT2D eigenvalue weighted by molar-refractivity contribution is -0.0270. The summed E-state index contributed by atoms with van der Waals surface area (Å²) in [6.45, 7) is 3.05. The molecule has 3 aromatic rings. The van der Waals surface area contributed by atoms with Crippen LogP contribution in [0.4, 0.5) is 0 Å². The molecule has 2 aliphatic rings. The molecular weight excluding hydrogens is 430 g/mol. The SMILES string of the molecule is O=C(CCCN1CCC(OC(c2ccccc2)c2ccccc2)CC1)c1ccc(CC2CC2)cc1. The van der Waals surface area contributed by atoms with Gasteiger partial charge in [0, 0.05) is 25.1 Å². The van der Waals surface area contributed by atoms with Crippen LogP contribution >= 0.6 is 0 Å². The van der Waals surface area contributed by atoms with E-state index < -0.39 is 0 Å². The largest absolute Gasteiger partial charge is 0.365 e. The van der Waals surface area contributed by atoms with Crippen LogP contribution in [0.5, 0.6) is 0 Å². The third-order valence-electron chi connectivity index (χ3n) is 7.44. The Bertz CT molecular complexity index is 1010. The van der Waals surface area contributed by atoms with Crippen LogP contribution in [0.15, 0.2) is 84.9 Å². The highest BCUT2D eigenvalue weighted by Crippen LogP contribution is 2.33. The Balaban J connectivity index is 1.06. The van der Waals surface area contributed by atoms with E-state index in [4.69, 9.17) is 4.74 Å². The van der Waals surface area contributed by atoms with Gasteiger partial charge in [-0.05, 0) is 67.7 Å². The highest BCUT2D eigenvalue weighted by atomic mass is 16.5. The molecule has 0 aromatic heterocycles. The van der Waals surface area contributed by atoms with Gasteiger partial charge in [0.15, 0.2) is 5.78 Å². The standard InChI is InChI=1S/C32H37NO2/c34-31(27-17-15-26(16-18-27)24-25-13-14-25)12-7-21-33-22-19-30(20-23-33)35-32(28-8-3-1-4-9-28)29-10-5-2-6-11-29/h1-6,8-11,15-18,25,30,32H,7,12-14,19-24H2. The van der Waals surface area contributed by atoms with E-state index in [0.29, 0.717) is 6.42 Å². The van der Waals surface area contributed by atoms with E-state index >= 15 is 0 Å². The van der Waals surface area contributed by atoms with Gasteiger partial charge in [0.2, 0.25) is 0 Å². The monoisotopic (exact) mass is 467 g/mol. The molecule has 1 aliphatic carbocycles. The normalized spacial score (nSPS) is 17.1. The van der Waals surface area contributed by atoms with Crippen molar-refractivity contribution in [3.8, 4) is 0 Å². The van der Waals surface area contributed by atoms with Crippen molar-refractivity contribution in [1.29, 1.82) is 0 Å². The number of hydrogen-bond donors (Lipinski definition) is 0. The summed E-state index contributed by atoms with van der Waals surface area (Å²) in [5.74, 6) is 1.16. The first kappa shape index (κ1) is 24.0. The average molecular weight is 468 g/mol. The molecule has 3 aromatic carbocycles. The minimum Gasteiger partial charge on any atom is -0.365 e. The number of likely N-dealkylation sites (tertiary alicyclic amines) is 1. The van der Waals surface area contributed by atoms with Gasteiger partial charge in [0.1, 0.15) is 6.10 Å². The summed E-state index contributed by atoms with van der Waals surface area (Å²) in [6, 6.07) is 29.4. The molecule has 2 fully saturated rings. The van der Waals surface area contributed by atoms with E-state index in [2.05, 4.69) is 77.7 Å². The van der Waals surface area contributed by atoms with Gasteiger partial charge in [-0.15, -0.1) is 0 Å². The number of ether oxygens (including phenoxy) is 1. The summed E-state index contributed by atoms with van der Waals surface area (Å²) < 4.78 is 6.67. The molecule has 1 saturated carbocycles. The van der Waals surface area contributed by atoms with Crippen LogP contribution in [-0.2, 0) is 11.2 Å². The molecule has 35 heavy (non-hydrogen) atoms. The van der Waals surface area contributed by atoms with Gasteiger partial charge < -0.3 is 9.64 Å². The molecule has 1 aliphatic heterocycles. The van der Waals surface area contributed by atoms with Gasteiger partial charge in [-0.3, -0.25) is 4.79 Å². The fourth-order valence-corrected chi connectivity index (χ4v) is 5.16. The van der Waals surface area contributed by atoms with Crippen molar-refractivity contribution in [3.05, 3.63) is 107 Å². The average Bonchev–Trinajstić information content (AvgIpc) is 3.73. The number of carbonyl (C=O) groups excluding carboxylic acids is 1. The highest BCUT2D eigenvalue weighted by molar-refractivity contribution is 5.96. The van der Waals surface area contributed by atoms with Crippen LogP contribution in [0.3, 0.4) is 0 Å². The minimum absolute atomic E-state index is 0.0257. The molecule has 0 spiro atoms. The topological polar surface area (TPSA) is 29.5 Å². The van der Waals surface area contributed by atoms with Crippen LogP contribution in [-0.4, -0.2) is 36.4 Å². The van der Waals surface area contributed by atoms with Gasteiger partial charge in [-0.2, -0.15) is 0 Å². The second-order valence-electron chi connectivity index (χ2n) is 10.2. The number of rotatable bonds is 11. The van der Waals surface area contributed by atoms with Gasteiger partial charge in [0.05, 0.1) is 6.10 Å². The third kappa shape index (κ3) is 6.90. The summed E-state index contributed by atoms with van der Waals surface area (Å²) in [4.78, 5) is 15.1. The molecule has 0 bridgehead atoms. The highest BCUT2D eigenvalue weighted by Gasteiger charge is 2.25. The van der Waals surface area contributed by atoms with Gasteiger partial charge in [-0.1, -0.05) is 84.9 Å². The van der Waals surface area contributed by atoms with Crippen molar-refractivity contribution < 1.29 is 9.53 Å². The van der Waals surface area contributed by atoms with Gasteiger partial charge in [0.25, 0.3) is 0 Å². The Morgan fingerprint density at radius 2 is 1.40 bits per heavy atom. The number of nitrogens with zero attached hydrogens (tertiary/aromatic N) is 1. The van der Waals surface area contributed by atoms with Crippen LogP contribution in [0.25, 0.3) is 0 Å². The molecular formula is C32H37NO2. The Morgan fingerprint density at radius 1 is 0.800 bits per heavy atom. The first-order chi connectivity index (χ1) is 17.2. The Labute approximate surface area is 210 Å². The number of carbonyl (C=O) groups is 1. The molecule has 1 saturated heterocycles. The molecule has 3 heteroatoms. The Hall–Kier alpha value is -2.75.